The van der Waals surface area contributed by atoms with Crippen LogP contribution in [0.1, 0.15) is 22.3 Å². The molecule has 2 aromatic carbocycles. The highest BCUT2D eigenvalue weighted by Crippen LogP contribution is 2.22. The van der Waals surface area contributed by atoms with E-state index in [0.29, 0.717) is 0 Å². The molecule has 8 heteroatoms. The van der Waals surface area contributed by atoms with Crippen LogP contribution < -0.4 is 4.74 Å². The minimum atomic E-state index is -0.635. The molecule has 0 aliphatic rings. The topological polar surface area (TPSA) is 95.7 Å². The first kappa shape index (κ1) is 18.1. The molecule has 0 bridgehead atoms. The molecule has 0 heterocycles. The van der Waals surface area contributed by atoms with Crippen molar-refractivity contribution in [3.05, 3.63) is 69.5 Å². The number of hydrogen-bond donors (Lipinski definition) is 0. The summed E-state index contributed by atoms with van der Waals surface area (Å²) in [5.74, 6) is -1.56. The van der Waals surface area contributed by atoms with Crippen LogP contribution in [0.4, 0.5) is 10.1 Å². The number of nitrogens with zero attached hydrogens (tertiary/aromatic N) is 1. The van der Waals surface area contributed by atoms with Crippen molar-refractivity contribution < 1.29 is 28.4 Å². The van der Waals surface area contributed by atoms with E-state index in [1.165, 1.54) is 37.4 Å². The number of benzene rings is 2. The molecule has 0 aliphatic carbocycles. The zero-order chi connectivity index (χ0) is 18.4. The standard InChI is InChI=1S/C17H14FNO6/c1-24-17(21)12-2-8-15(19(22)23)11(10-12)3-9-16(20)25-14-6-4-13(18)5-7-14/h2,4-8,10H,3,9H2,1H3. The minimum absolute atomic E-state index is 0.00117. The molecule has 0 saturated heterocycles. The van der Waals surface area contributed by atoms with E-state index in [1.54, 1.807) is 0 Å². The predicted octanol–water partition coefficient (Wildman–Crippen LogP) is 3.06. The van der Waals surface area contributed by atoms with Crippen LogP contribution in [0.5, 0.6) is 5.75 Å². The minimum Gasteiger partial charge on any atom is -0.465 e. The Morgan fingerprint density at radius 3 is 2.44 bits per heavy atom. The number of carbonyl (C=O) groups excluding carboxylic acids is 2. The highest BCUT2D eigenvalue weighted by atomic mass is 19.1. The second kappa shape index (κ2) is 8.00. The number of nitro groups is 1. The summed E-state index contributed by atoms with van der Waals surface area (Å²) in [5, 5.41) is 11.1. The summed E-state index contributed by atoms with van der Waals surface area (Å²) in [6, 6.07) is 8.67. The average molecular weight is 347 g/mol. The van der Waals surface area contributed by atoms with Gasteiger partial charge in [-0.25, -0.2) is 9.18 Å². The molecule has 0 atom stereocenters. The second-order valence-electron chi connectivity index (χ2n) is 5.02. The van der Waals surface area contributed by atoms with Gasteiger partial charge in [0, 0.05) is 11.6 Å². The van der Waals surface area contributed by atoms with Crippen molar-refractivity contribution >= 4 is 17.6 Å². The maximum atomic E-state index is 12.8. The van der Waals surface area contributed by atoms with E-state index in [9.17, 15) is 24.1 Å². The number of ether oxygens (including phenoxy) is 2. The molecule has 7 nitrogen and oxygen atoms in total. The van der Waals surface area contributed by atoms with Gasteiger partial charge in [-0.05, 0) is 42.8 Å². The van der Waals surface area contributed by atoms with Crippen molar-refractivity contribution in [3.8, 4) is 5.75 Å². The number of carbonyl (C=O) groups is 2. The largest absolute Gasteiger partial charge is 0.465 e. The fourth-order valence-corrected chi connectivity index (χ4v) is 2.13. The van der Waals surface area contributed by atoms with Crippen molar-refractivity contribution in [1.82, 2.24) is 0 Å². The molecule has 0 radical (unpaired) electrons. The average Bonchev–Trinajstić information content (AvgIpc) is 2.60. The van der Waals surface area contributed by atoms with E-state index in [2.05, 4.69) is 4.74 Å². The Morgan fingerprint density at radius 1 is 1.16 bits per heavy atom. The Bertz CT molecular complexity index is 803. The number of esters is 2. The van der Waals surface area contributed by atoms with Crippen LogP contribution in [0.3, 0.4) is 0 Å². The van der Waals surface area contributed by atoms with E-state index < -0.39 is 22.7 Å². The lowest BCUT2D eigenvalue weighted by Gasteiger charge is -2.06. The molecule has 2 aromatic rings. The summed E-state index contributed by atoms with van der Waals surface area (Å²) in [6.07, 6.45) is -0.149. The lowest BCUT2D eigenvalue weighted by atomic mass is 10.0. The quantitative estimate of drug-likeness (QED) is 0.345. The summed E-state index contributed by atoms with van der Waals surface area (Å²) < 4.78 is 22.4. The molecule has 0 unspecified atom stereocenters. The van der Waals surface area contributed by atoms with Crippen molar-refractivity contribution in [1.29, 1.82) is 0 Å². The first-order valence-corrected chi connectivity index (χ1v) is 7.22. The third-order valence-electron chi connectivity index (χ3n) is 3.34. The summed E-state index contributed by atoms with van der Waals surface area (Å²) >= 11 is 0. The van der Waals surface area contributed by atoms with Crippen LogP contribution in [-0.4, -0.2) is 24.0 Å². The van der Waals surface area contributed by atoms with Gasteiger partial charge in [-0.1, -0.05) is 0 Å². The molecule has 0 amide bonds. The van der Waals surface area contributed by atoms with Gasteiger partial charge in [0.25, 0.3) is 5.69 Å². The molecule has 2 rings (SSSR count). The Labute approximate surface area is 142 Å². The molecule has 0 N–H and O–H groups in total. The summed E-state index contributed by atoms with van der Waals surface area (Å²) in [5.41, 5.74) is 0.154. The van der Waals surface area contributed by atoms with Crippen molar-refractivity contribution in [2.75, 3.05) is 7.11 Å². The van der Waals surface area contributed by atoms with E-state index >= 15 is 0 Å². The maximum absolute atomic E-state index is 12.8. The third-order valence-corrected chi connectivity index (χ3v) is 3.34. The number of methoxy groups -OCH3 is 1. The van der Waals surface area contributed by atoms with E-state index in [4.69, 9.17) is 4.74 Å². The smallest absolute Gasteiger partial charge is 0.337 e. The number of hydrogen-bond acceptors (Lipinski definition) is 6. The lowest BCUT2D eigenvalue weighted by Crippen LogP contribution is -2.10. The van der Waals surface area contributed by atoms with Crippen LogP contribution in [0, 0.1) is 15.9 Å². The molecule has 25 heavy (non-hydrogen) atoms. The first-order chi connectivity index (χ1) is 11.9. The molecule has 0 fully saturated rings. The Morgan fingerprint density at radius 2 is 1.84 bits per heavy atom. The van der Waals surface area contributed by atoms with Gasteiger partial charge in [-0.2, -0.15) is 0 Å². The van der Waals surface area contributed by atoms with Crippen LogP contribution in [-0.2, 0) is 16.0 Å². The second-order valence-corrected chi connectivity index (χ2v) is 5.02. The Balaban J connectivity index is 2.09. The van der Waals surface area contributed by atoms with Gasteiger partial charge in [0.05, 0.1) is 24.0 Å². The van der Waals surface area contributed by atoms with Crippen molar-refractivity contribution in [3.63, 3.8) is 0 Å². The van der Waals surface area contributed by atoms with Gasteiger partial charge in [-0.15, -0.1) is 0 Å². The highest BCUT2D eigenvalue weighted by molar-refractivity contribution is 5.90. The highest BCUT2D eigenvalue weighted by Gasteiger charge is 2.18. The zero-order valence-electron chi connectivity index (χ0n) is 13.2. The molecule has 130 valence electrons. The lowest BCUT2D eigenvalue weighted by molar-refractivity contribution is -0.385. The van der Waals surface area contributed by atoms with Crippen LogP contribution in [0.2, 0.25) is 0 Å². The van der Waals surface area contributed by atoms with Gasteiger partial charge >= 0.3 is 11.9 Å². The van der Waals surface area contributed by atoms with Gasteiger partial charge in [0.2, 0.25) is 0 Å². The van der Waals surface area contributed by atoms with Crippen LogP contribution in [0.15, 0.2) is 42.5 Å². The predicted molar refractivity (Wildman–Crippen MR) is 84.8 cm³/mol. The van der Waals surface area contributed by atoms with Crippen molar-refractivity contribution in [2.45, 2.75) is 12.8 Å². The molecule has 0 spiro atoms. The van der Waals surface area contributed by atoms with Gasteiger partial charge in [0.1, 0.15) is 11.6 Å². The van der Waals surface area contributed by atoms with Crippen molar-refractivity contribution in [2.24, 2.45) is 0 Å². The SMILES string of the molecule is COC(=O)c1ccc([N+](=O)[O-])c(CCC(=O)Oc2ccc(F)cc2)c1. The fraction of sp³-hybridized carbons (Fsp3) is 0.176. The Kier molecular flexibility index (Phi) is 5.78. The van der Waals surface area contributed by atoms with Gasteiger partial charge < -0.3 is 9.47 Å². The number of nitro benzene ring substituents is 1. The third kappa shape index (κ3) is 4.84. The summed E-state index contributed by atoms with van der Waals surface area (Å²) in [7, 11) is 1.20. The van der Waals surface area contributed by atoms with Gasteiger partial charge in [0.15, 0.2) is 0 Å². The zero-order valence-corrected chi connectivity index (χ0v) is 13.2. The molecule has 0 aliphatic heterocycles. The summed E-state index contributed by atoms with van der Waals surface area (Å²) in [6.45, 7) is 0. The summed E-state index contributed by atoms with van der Waals surface area (Å²) in [4.78, 5) is 33.9. The number of halogens is 1. The fourth-order valence-electron chi connectivity index (χ4n) is 2.13. The van der Waals surface area contributed by atoms with Crippen LogP contribution in [0.25, 0.3) is 0 Å². The molecular weight excluding hydrogens is 333 g/mol. The van der Waals surface area contributed by atoms with Gasteiger partial charge in [-0.3, -0.25) is 14.9 Å². The maximum Gasteiger partial charge on any atom is 0.337 e. The van der Waals surface area contributed by atoms with E-state index in [1.807, 2.05) is 0 Å². The molecule has 0 aromatic heterocycles. The van der Waals surface area contributed by atoms with E-state index in [-0.39, 0.29) is 35.4 Å². The number of rotatable bonds is 6. The number of aryl methyl sites for hydroxylation is 1. The van der Waals surface area contributed by atoms with Crippen LogP contribution >= 0.6 is 0 Å². The molecular formula is C17H14FNO6. The monoisotopic (exact) mass is 347 g/mol. The van der Waals surface area contributed by atoms with E-state index in [0.717, 1.165) is 12.1 Å². The first-order valence-electron chi connectivity index (χ1n) is 7.22. The Hall–Kier alpha value is -3.29. The molecule has 0 saturated carbocycles. The normalized spacial score (nSPS) is 10.2.